The maximum absolute atomic E-state index is 7.57. The average molecular weight is 161 g/mol. The Bertz CT molecular complexity index is 19.8. The number of halogens is 1. The van der Waals surface area contributed by atoms with Crippen LogP contribution in [0.15, 0.2) is 0 Å². The van der Waals surface area contributed by atoms with Gasteiger partial charge in [0.05, 0.1) is 0 Å². The predicted molar refractivity (Wildman–Crippen MR) is 35.2 cm³/mol. The van der Waals surface area contributed by atoms with Crippen LogP contribution in [-0.4, -0.2) is 60.4 Å². The second kappa shape index (κ2) is 52.0. The van der Waals surface area contributed by atoms with Gasteiger partial charge in [-0.3, -0.25) is 0 Å². The Hall–Kier alpha value is 1.43. The van der Waals surface area contributed by atoms with E-state index < -0.39 is 0 Å². The number of aliphatic hydroxyl groups is 1. The maximum atomic E-state index is 7.57. The fourth-order valence-electron chi connectivity index (χ4n) is 0. The summed E-state index contributed by atoms with van der Waals surface area (Å²) in [5, 5.41) is 7.57. The van der Waals surface area contributed by atoms with Crippen LogP contribution in [0.4, 0.5) is 0 Å². The molecular formula is C2H13CaClO3. The predicted octanol–water partition coefficient (Wildman–Crippen LogP) is -1.38. The fraction of sp³-hybridized carbons (Fsp3) is 1.00. The summed E-state index contributed by atoms with van der Waals surface area (Å²) in [5.41, 5.74) is 0. The van der Waals surface area contributed by atoms with Crippen LogP contribution < -0.4 is 0 Å². The largest absolute Gasteiger partial charge is 2.00 e. The van der Waals surface area contributed by atoms with E-state index in [9.17, 15) is 0 Å². The summed E-state index contributed by atoms with van der Waals surface area (Å²) in [7, 11) is 0. The fourth-order valence-corrected chi connectivity index (χ4v) is 0. The summed E-state index contributed by atoms with van der Waals surface area (Å²) in [4.78, 5) is 0. The molecule has 0 aliphatic heterocycles. The summed E-state index contributed by atoms with van der Waals surface area (Å²) >= 11 is 0. The van der Waals surface area contributed by atoms with Crippen molar-refractivity contribution < 1.29 is 18.9 Å². The molecule has 0 aromatic heterocycles. The number of aliphatic hydroxyl groups excluding tert-OH is 1. The molecule has 5 N–H and O–H groups in total. The van der Waals surface area contributed by atoms with Crippen LogP contribution in [0.3, 0.4) is 0 Å². The molecule has 0 spiro atoms. The van der Waals surface area contributed by atoms with Gasteiger partial charge < -0.3 is 18.9 Å². The minimum absolute atomic E-state index is 0. The molecule has 0 unspecified atom stereocenters. The van der Waals surface area contributed by atoms with Crippen molar-refractivity contribution in [2.45, 2.75) is 6.92 Å². The van der Waals surface area contributed by atoms with Gasteiger partial charge in [0.2, 0.25) is 0 Å². The Morgan fingerprint density at radius 3 is 1.43 bits per heavy atom. The Kier molecular flexibility index (Phi) is 294. The van der Waals surface area contributed by atoms with Crippen LogP contribution in [0.25, 0.3) is 0 Å². The van der Waals surface area contributed by atoms with Crippen LogP contribution in [0, 0.1) is 0 Å². The molecule has 0 aromatic rings. The molecule has 0 aliphatic rings. The minimum Gasteiger partial charge on any atom is -1.00 e. The second-order valence-electron chi connectivity index (χ2n) is 0.316. The molecule has 0 aliphatic carbocycles. The normalized spacial score (nSPS) is 2.57. The zero-order chi connectivity index (χ0) is 2.71. The van der Waals surface area contributed by atoms with E-state index in [1.165, 1.54) is 0 Å². The molecule has 3 nitrogen and oxygen atoms in total. The monoisotopic (exact) mass is 160 g/mol. The zero-order valence-electron chi connectivity index (χ0n) is 6.27. The standard InChI is InChI=1S/C2H6O.Ca.ClH.2H2O.2H/c1-2-3;;;;;;/h3H,2H2,1H3;;1H;2*1H2;;/q;+2;;;;2*-1. The minimum atomic E-state index is 0. The van der Waals surface area contributed by atoms with E-state index in [2.05, 4.69) is 0 Å². The van der Waals surface area contributed by atoms with E-state index in [0.29, 0.717) is 0 Å². The van der Waals surface area contributed by atoms with Crippen LogP contribution >= 0.6 is 12.4 Å². The van der Waals surface area contributed by atoms with Gasteiger partial charge in [-0.25, -0.2) is 0 Å². The van der Waals surface area contributed by atoms with E-state index in [1.807, 2.05) is 0 Å². The molecule has 0 amide bonds. The van der Waals surface area contributed by atoms with E-state index in [4.69, 9.17) is 5.11 Å². The van der Waals surface area contributed by atoms with Crippen molar-refractivity contribution in [3.63, 3.8) is 0 Å². The number of hydrogen-bond donors (Lipinski definition) is 1. The first-order chi connectivity index (χ1) is 1.41. The average Bonchev–Trinajstić information content (AvgIpc) is 0.918. The topological polar surface area (TPSA) is 83.2 Å². The first-order valence-electron chi connectivity index (χ1n) is 1.02. The third kappa shape index (κ3) is 107. The van der Waals surface area contributed by atoms with Gasteiger partial charge in [-0.1, -0.05) is 0 Å². The van der Waals surface area contributed by atoms with Crippen molar-refractivity contribution in [3.8, 4) is 0 Å². The SMILES string of the molecule is CCO.Cl.O.O.[Ca+2].[H-].[H-]. The van der Waals surface area contributed by atoms with E-state index in [1.54, 1.807) is 6.92 Å². The van der Waals surface area contributed by atoms with Gasteiger partial charge in [0.25, 0.3) is 0 Å². The molecule has 48 valence electrons. The number of rotatable bonds is 0. The van der Waals surface area contributed by atoms with E-state index in [-0.39, 0.29) is 70.6 Å². The molecule has 0 fully saturated rings. The molecule has 0 saturated carbocycles. The molecule has 0 aromatic carbocycles. The van der Waals surface area contributed by atoms with E-state index in [0.717, 1.165) is 0 Å². The summed E-state index contributed by atoms with van der Waals surface area (Å²) < 4.78 is 0. The Labute approximate surface area is 82.1 Å². The van der Waals surface area contributed by atoms with Crippen LogP contribution in [0.5, 0.6) is 0 Å². The summed E-state index contributed by atoms with van der Waals surface area (Å²) in [6.45, 7) is 1.93. The zero-order valence-corrected chi connectivity index (χ0v) is 7.29. The van der Waals surface area contributed by atoms with Crippen LogP contribution in [0.2, 0.25) is 0 Å². The third-order valence-electron chi connectivity index (χ3n) is 0. The first kappa shape index (κ1) is 39.6. The molecule has 0 heterocycles. The molecule has 0 bridgehead atoms. The maximum Gasteiger partial charge on any atom is 2.00 e. The summed E-state index contributed by atoms with van der Waals surface area (Å²) in [5.74, 6) is 0. The Morgan fingerprint density at radius 1 is 1.43 bits per heavy atom. The van der Waals surface area contributed by atoms with Gasteiger partial charge in [-0.2, -0.15) is 0 Å². The van der Waals surface area contributed by atoms with Gasteiger partial charge in [0.1, 0.15) is 0 Å². The molecule has 0 atom stereocenters. The van der Waals surface area contributed by atoms with Gasteiger partial charge in [0.15, 0.2) is 0 Å². The van der Waals surface area contributed by atoms with Crippen molar-refractivity contribution in [1.29, 1.82) is 0 Å². The Morgan fingerprint density at radius 2 is 1.43 bits per heavy atom. The van der Waals surface area contributed by atoms with Gasteiger partial charge >= 0.3 is 37.7 Å². The quantitative estimate of drug-likeness (QED) is 0.435. The molecule has 0 saturated heterocycles. The first-order valence-corrected chi connectivity index (χ1v) is 1.02. The van der Waals surface area contributed by atoms with Crippen molar-refractivity contribution in [2.24, 2.45) is 0 Å². The smallest absolute Gasteiger partial charge is 1.00 e. The van der Waals surface area contributed by atoms with Crippen molar-refractivity contribution in [2.75, 3.05) is 6.61 Å². The molecular weight excluding hydrogens is 148 g/mol. The Balaban J connectivity index is -0.00000000133. The van der Waals surface area contributed by atoms with E-state index >= 15 is 0 Å². The van der Waals surface area contributed by atoms with Crippen LogP contribution in [0.1, 0.15) is 9.78 Å². The van der Waals surface area contributed by atoms with Gasteiger partial charge in [0, 0.05) is 6.61 Å². The molecule has 0 radical (unpaired) electrons. The van der Waals surface area contributed by atoms with Crippen molar-refractivity contribution >= 4 is 50.1 Å². The van der Waals surface area contributed by atoms with Gasteiger partial charge in [-0.05, 0) is 6.92 Å². The molecule has 5 heteroatoms. The number of hydrogen-bond acceptors (Lipinski definition) is 1. The van der Waals surface area contributed by atoms with Crippen molar-refractivity contribution in [1.82, 2.24) is 0 Å². The van der Waals surface area contributed by atoms with Crippen LogP contribution in [-0.2, 0) is 0 Å². The van der Waals surface area contributed by atoms with Crippen molar-refractivity contribution in [3.05, 3.63) is 0 Å². The summed E-state index contributed by atoms with van der Waals surface area (Å²) in [6, 6.07) is 0. The third-order valence-corrected chi connectivity index (χ3v) is 0. The van der Waals surface area contributed by atoms with Gasteiger partial charge in [-0.15, -0.1) is 12.4 Å². The summed E-state index contributed by atoms with van der Waals surface area (Å²) in [6.07, 6.45) is 0. The molecule has 7 heavy (non-hydrogen) atoms. The second-order valence-corrected chi connectivity index (χ2v) is 0.316. The molecule has 0 rings (SSSR count).